The molecule has 0 unspecified atom stereocenters. The molecule has 0 saturated carbocycles. The van der Waals surface area contributed by atoms with Crippen LogP contribution in [0.5, 0.6) is 0 Å². The van der Waals surface area contributed by atoms with Crippen molar-refractivity contribution in [2.45, 2.75) is 45.6 Å². The van der Waals surface area contributed by atoms with Crippen LogP contribution >= 0.6 is 11.3 Å². The van der Waals surface area contributed by atoms with Crippen LogP contribution in [0.15, 0.2) is 17.5 Å². The maximum absolute atomic E-state index is 2.63. The van der Waals surface area contributed by atoms with Gasteiger partial charge in [0.2, 0.25) is 0 Å². The number of unbranched alkanes of at least 4 members (excludes halogenated alkanes) is 2. The molecule has 3 heteroatoms. The van der Waals surface area contributed by atoms with E-state index in [1.165, 1.54) is 69.7 Å². The van der Waals surface area contributed by atoms with E-state index >= 15 is 0 Å². The first-order valence-electron chi connectivity index (χ1n) is 8.17. The molecule has 113 valence electrons. The third-order valence-corrected chi connectivity index (χ3v) is 5.02. The second kappa shape index (κ2) is 9.54. The number of thiophene rings is 1. The van der Waals surface area contributed by atoms with Crippen molar-refractivity contribution in [1.29, 1.82) is 0 Å². The lowest BCUT2D eigenvalue weighted by molar-refractivity contribution is 0.240. The maximum atomic E-state index is 2.63. The lowest BCUT2D eigenvalue weighted by Crippen LogP contribution is -2.31. The third kappa shape index (κ3) is 5.94. The SMILES string of the molecule is CCN(CCCCCN1CC[CH]CC1)Cc1cccs1. The second-order valence-corrected chi connectivity index (χ2v) is 6.75. The van der Waals surface area contributed by atoms with E-state index in [0.717, 1.165) is 6.54 Å². The predicted octanol–water partition coefficient (Wildman–Crippen LogP) is 4.04. The van der Waals surface area contributed by atoms with Gasteiger partial charge in [0.1, 0.15) is 0 Å². The Morgan fingerprint density at radius 1 is 1.20 bits per heavy atom. The molecule has 0 aliphatic carbocycles. The summed E-state index contributed by atoms with van der Waals surface area (Å²) in [6.45, 7) is 9.72. The fourth-order valence-electron chi connectivity index (χ4n) is 2.85. The van der Waals surface area contributed by atoms with Crippen molar-refractivity contribution in [1.82, 2.24) is 9.80 Å². The molecular weight excluding hydrogens is 264 g/mol. The smallest absolute Gasteiger partial charge is 0.0327 e. The van der Waals surface area contributed by atoms with Gasteiger partial charge in [-0.25, -0.2) is 0 Å². The minimum absolute atomic E-state index is 1.14. The van der Waals surface area contributed by atoms with E-state index in [1.807, 2.05) is 11.3 Å². The Labute approximate surface area is 128 Å². The molecule has 1 radical (unpaired) electrons. The first-order valence-corrected chi connectivity index (χ1v) is 9.05. The molecule has 2 heterocycles. The molecule has 1 aromatic rings. The highest BCUT2D eigenvalue weighted by Gasteiger charge is 2.09. The number of hydrogen-bond acceptors (Lipinski definition) is 3. The zero-order valence-corrected chi connectivity index (χ0v) is 13.7. The monoisotopic (exact) mass is 293 g/mol. The van der Waals surface area contributed by atoms with Gasteiger partial charge < -0.3 is 4.90 Å². The summed E-state index contributed by atoms with van der Waals surface area (Å²) in [7, 11) is 0. The first-order chi connectivity index (χ1) is 9.88. The van der Waals surface area contributed by atoms with Gasteiger partial charge >= 0.3 is 0 Å². The van der Waals surface area contributed by atoms with Gasteiger partial charge in [0.15, 0.2) is 0 Å². The number of rotatable bonds is 9. The van der Waals surface area contributed by atoms with Crippen molar-refractivity contribution in [3.05, 3.63) is 28.8 Å². The zero-order chi connectivity index (χ0) is 14.0. The van der Waals surface area contributed by atoms with Crippen molar-refractivity contribution >= 4 is 11.3 Å². The van der Waals surface area contributed by atoms with E-state index in [2.05, 4.69) is 40.7 Å². The highest BCUT2D eigenvalue weighted by molar-refractivity contribution is 7.09. The molecule has 0 atom stereocenters. The molecule has 0 spiro atoms. The molecule has 2 rings (SSSR count). The molecule has 1 aliphatic heterocycles. The summed E-state index contributed by atoms with van der Waals surface area (Å²) in [4.78, 5) is 6.70. The normalized spacial score (nSPS) is 16.9. The van der Waals surface area contributed by atoms with Gasteiger partial charge in [0.25, 0.3) is 0 Å². The molecule has 1 saturated heterocycles. The highest BCUT2D eigenvalue weighted by Crippen LogP contribution is 2.13. The number of hydrogen-bond donors (Lipinski definition) is 0. The van der Waals surface area contributed by atoms with E-state index in [-0.39, 0.29) is 0 Å². The van der Waals surface area contributed by atoms with Gasteiger partial charge in [-0.05, 0) is 76.3 Å². The maximum Gasteiger partial charge on any atom is 0.0327 e. The number of piperidine rings is 1. The van der Waals surface area contributed by atoms with Crippen LogP contribution in [0.2, 0.25) is 0 Å². The second-order valence-electron chi connectivity index (χ2n) is 5.72. The van der Waals surface area contributed by atoms with E-state index in [4.69, 9.17) is 0 Å². The Balaban J connectivity index is 1.52. The Morgan fingerprint density at radius 3 is 2.75 bits per heavy atom. The van der Waals surface area contributed by atoms with Crippen LogP contribution in [0.1, 0.15) is 43.9 Å². The molecule has 2 nitrogen and oxygen atoms in total. The van der Waals surface area contributed by atoms with Gasteiger partial charge in [-0.1, -0.05) is 19.4 Å². The van der Waals surface area contributed by atoms with Crippen LogP contribution in [0.4, 0.5) is 0 Å². The summed E-state index contributed by atoms with van der Waals surface area (Å²) < 4.78 is 0. The van der Waals surface area contributed by atoms with Crippen molar-refractivity contribution < 1.29 is 0 Å². The lowest BCUT2D eigenvalue weighted by Gasteiger charge is -2.26. The summed E-state index contributed by atoms with van der Waals surface area (Å²) in [5.74, 6) is 0. The fraction of sp³-hybridized carbons (Fsp3) is 0.706. The third-order valence-electron chi connectivity index (χ3n) is 4.15. The molecule has 1 aliphatic rings. The standard InChI is InChI=1S/C17H29N2S/c1-2-18(16-17-10-9-15-20-17)11-5-3-6-12-19-13-7-4-8-14-19/h4,9-10,15H,2-3,5-8,11-14,16H2,1H3. The largest absolute Gasteiger partial charge is 0.303 e. The summed E-state index contributed by atoms with van der Waals surface area (Å²) in [5.41, 5.74) is 0. The van der Waals surface area contributed by atoms with Crippen LogP contribution in [0.3, 0.4) is 0 Å². The topological polar surface area (TPSA) is 6.48 Å². The Bertz CT molecular complexity index is 331. The van der Waals surface area contributed by atoms with Gasteiger partial charge in [-0.3, -0.25) is 4.90 Å². The van der Waals surface area contributed by atoms with E-state index in [1.54, 1.807) is 0 Å². The molecule has 1 aromatic heterocycles. The first kappa shape index (κ1) is 16.0. The summed E-state index contributed by atoms with van der Waals surface area (Å²) in [6.07, 6.45) is 9.12. The fourth-order valence-corrected chi connectivity index (χ4v) is 3.59. The summed E-state index contributed by atoms with van der Waals surface area (Å²) in [6, 6.07) is 4.41. The summed E-state index contributed by atoms with van der Waals surface area (Å²) in [5, 5.41) is 2.18. The predicted molar refractivity (Wildman–Crippen MR) is 89.1 cm³/mol. The van der Waals surface area contributed by atoms with Crippen LogP contribution in [-0.2, 0) is 6.54 Å². The molecule has 0 amide bonds. The molecule has 0 N–H and O–H groups in total. The molecule has 0 aromatic carbocycles. The minimum atomic E-state index is 1.14. The van der Waals surface area contributed by atoms with Crippen molar-refractivity contribution in [2.24, 2.45) is 0 Å². The van der Waals surface area contributed by atoms with Crippen molar-refractivity contribution in [3.63, 3.8) is 0 Å². The Hall–Kier alpha value is -0.380. The average Bonchev–Trinajstić information content (AvgIpc) is 3.00. The minimum Gasteiger partial charge on any atom is -0.303 e. The Kier molecular flexibility index (Phi) is 7.63. The number of nitrogens with zero attached hydrogens (tertiary/aromatic N) is 2. The van der Waals surface area contributed by atoms with Crippen molar-refractivity contribution in [3.8, 4) is 0 Å². The Morgan fingerprint density at radius 2 is 2.05 bits per heavy atom. The molecule has 0 bridgehead atoms. The van der Waals surface area contributed by atoms with Crippen LogP contribution in [-0.4, -0.2) is 42.5 Å². The van der Waals surface area contributed by atoms with Gasteiger partial charge in [-0.15, -0.1) is 11.3 Å². The molecule has 1 fully saturated rings. The lowest BCUT2D eigenvalue weighted by atomic mass is 10.1. The van der Waals surface area contributed by atoms with Crippen LogP contribution < -0.4 is 0 Å². The molecular formula is C17H29N2S. The van der Waals surface area contributed by atoms with Crippen LogP contribution in [0.25, 0.3) is 0 Å². The van der Waals surface area contributed by atoms with Gasteiger partial charge in [0.05, 0.1) is 0 Å². The summed E-state index contributed by atoms with van der Waals surface area (Å²) >= 11 is 1.88. The van der Waals surface area contributed by atoms with E-state index in [0.29, 0.717) is 0 Å². The quantitative estimate of drug-likeness (QED) is 0.634. The number of likely N-dealkylation sites (tertiary alicyclic amines) is 1. The van der Waals surface area contributed by atoms with Gasteiger partial charge in [-0.2, -0.15) is 0 Å². The average molecular weight is 293 g/mol. The highest BCUT2D eigenvalue weighted by atomic mass is 32.1. The van der Waals surface area contributed by atoms with E-state index < -0.39 is 0 Å². The zero-order valence-electron chi connectivity index (χ0n) is 12.9. The van der Waals surface area contributed by atoms with Crippen molar-refractivity contribution in [2.75, 3.05) is 32.7 Å². The molecule has 20 heavy (non-hydrogen) atoms. The van der Waals surface area contributed by atoms with Gasteiger partial charge in [0, 0.05) is 11.4 Å². The van der Waals surface area contributed by atoms with E-state index in [9.17, 15) is 0 Å². The van der Waals surface area contributed by atoms with Crippen LogP contribution in [0, 0.1) is 6.42 Å².